The fourth-order valence-electron chi connectivity index (χ4n) is 2.16. The third kappa shape index (κ3) is 5.35. The molecule has 25 heavy (non-hydrogen) atoms. The van der Waals surface area contributed by atoms with Gasteiger partial charge in [0, 0.05) is 35.5 Å². The molecule has 0 aliphatic heterocycles. The van der Waals surface area contributed by atoms with E-state index < -0.39 is 0 Å². The lowest BCUT2D eigenvalue weighted by atomic mass is 9.98. The van der Waals surface area contributed by atoms with E-state index in [1.807, 2.05) is 18.2 Å². The molecule has 1 aromatic heterocycles. The summed E-state index contributed by atoms with van der Waals surface area (Å²) in [4.78, 5) is 9.02. The Kier molecular flexibility index (Phi) is 6.25. The van der Waals surface area contributed by atoms with Crippen LogP contribution in [0.4, 0.5) is 5.69 Å². The summed E-state index contributed by atoms with van der Waals surface area (Å²) in [5.41, 5.74) is 7.89. The normalized spacial score (nSPS) is 12.1. The Morgan fingerprint density at radius 3 is 2.56 bits per heavy atom. The van der Waals surface area contributed by atoms with E-state index in [2.05, 4.69) is 41.4 Å². The molecule has 2 aromatic rings. The van der Waals surface area contributed by atoms with Crippen molar-refractivity contribution in [1.29, 1.82) is 0 Å². The number of hydrogen-bond acceptors (Lipinski definition) is 5. The van der Waals surface area contributed by atoms with Gasteiger partial charge in [-0.3, -0.25) is 4.99 Å². The van der Waals surface area contributed by atoms with Crippen LogP contribution in [0.25, 0.3) is 0 Å². The topological polar surface area (TPSA) is 81.8 Å². The highest BCUT2D eigenvalue weighted by Crippen LogP contribution is 2.29. The fourth-order valence-corrected chi connectivity index (χ4v) is 3.10. The van der Waals surface area contributed by atoms with Crippen LogP contribution in [0.2, 0.25) is 0 Å². The van der Waals surface area contributed by atoms with Gasteiger partial charge in [0.05, 0.1) is 24.9 Å². The van der Waals surface area contributed by atoms with Crippen molar-refractivity contribution >= 4 is 23.0 Å². The van der Waals surface area contributed by atoms with E-state index in [4.69, 9.17) is 15.2 Å². The number of nitrogens with two attached hydrogens (primary N) is 1. The van der Waals surface area contributed by atoms with Crippen LogP contribution < -0.4 is 20.5 Å². The van der Waals surface area contributed by atoms with Crippen molar-refractivity contribution in [3.63, 3.8) is 0 Å². The lowest BCUT2D eigenvalue weighted by Crippen LogP contribution is -2.23. The van der Waals surface area contributed by atoms with Crippen molar-refractivity contribution in [2.45, 2.75) is 32.6 Å². The smallest absolute Gasteiger partial charge is 0.193 e. The first-order chi connectivity index (χ1) is 11.8. The van der Waals surface area contributed by atoms with E-state index in [9.17, 15) is 0 Å². The summed E-state index contributed by atoms with van der Waals surface area (Å²) in [6.45, 7) is 7.08. The lowest BCUT2D eigenvalue weighted by molar-refractivity contribution is 0.355. The van der Waals surface area contributed by atoms with Gasteiger partial charge in [-0.05, 0) is 12.1 Å². The predicted octanol–water partition coefficient (Wildman–Crippen LogP) is 3.43. The van der Waals surface area contributed by atoms with Crippen LogP contribution in [-0.4, -0.2) is 31.7 Å². The summed E-state index contributed by atoms with van der Waals surface area (Å²) in [6.07, 6.45) is 0.765. The minimum Gasteiger partial charge on any atom is -0.493 e. The van der Waals surface area contributed by atoms with Crippen LogP contribution >= 0.6 is 11.3 Å². The van der Waals surface area contributed by atoms with Gasteiger partial charge in [-0.1, -0.05) is 20.8 Å². The molecule has 1 aromatic carbocycles. The Labute approximate surface area is 153 Å². The van der Waals surface area contributed by atoms with Crippen molar-refractivity contribution in [3.05, 3.63) is 34.3 Å². The zero-order valence-electron chi connectivity index (χ0n) is 15.4. The minimum absolute atomic E-state index is 0.0835. The van der Waals surface area contributed by atoms with Gasteiger partial charge in [-0.15, -0.1) is 11.3 Å². The first-order valence-corrected chi connectivity index (χ1v) is 8.95. The number of guanidine groups is 1. The Bertz CT molecular complexity index is 735. The number of hydrogen-bond donors (Lipinski definition) is 2. The number of rotatable bonds is 6. The van der Waals surface area contributed by atoms with Gasteiger partial charge in [0.1, 0.15) is 0 Å². The first kappa shape index (κ1) is 19.1. The summed E-state index contributed by atoms with van der Waals surface area (Å²) in [5.74, 6) is 1.66. The minimum atomic E-state index is 0.0835. The molecule has 3 N–H and O–H groups in total. The van der Waals surface area contributed by atoms with Crippen molar-refractivity contribution in [2.75, 3.05) is 26.1 Å². The van der Waals surface area contributed by atoms with Crippen molar-refractivity contribution in [3.8, 4) is 11.5 Å². The molecule has 0 aliphatic rings. The number of thiazole rings is 1. The maximum atomic E-state index is 5.96. The summed E-state index contributed by atoms with van der Waals surface area (Å²) in [6, 6.07) is 5.49. The number of methoxy groups -OCH3 is 2. The molecular formula is C18H26N4O2S. The van der Waals surface area contributed by atoms with Crippen LogP contribution in [0.3, 0.4) is 0 Å². The highest BCUT2D eigenvalue weighted by atomic mass is 32.1. The zero-order valence-corrected chi connectivity index (χ0v) is 16.2. The number of anilines is 1. The number of benzene rings is 1. The van der Waals surface area contributed by atoms with Gasteiger partial charge in [-0.2, -0.15) is 0 Å². The maximum absolute atomic E-state index is 5.96. The molecule has 0 aliphatic carbocycles. The van der Waals surface area contributed by atoms with Gasteiger partial charge in [0.25, 0.3) is 0 Å². The Hall–Kier alpha value is -2.28. The number of aromatic nitrogens is 1. The second kappa shape index (κ2) is 8.20. The van der Waals surface area contributed by atoms with Crippen LogP contribution in [0, 0.1) is 0 Å². The average Bonchev–Trinajstić information content (AvgIpc) is 3.04. The largest absolute Gasteiger partial charge is 0.493 e. The standard InChI is InChI=1S/C18H26N4O2S/c1-18(2,3)16-21-13(11-25-16)8-9-20-17(19)22-12-6-7-14(23-4)15(10-12)24-5/h6-7,10-11H,8-9H2,1-5H3,(H3,19,20,22). The fraction of sp³-hybridized carbons (Fsp3) is 0.444. The second-order valence-corrected chi connectivity index (χ2v) is 7.46. The van der Waals surface area contributed by atoms with E-state index in [-0.39, 0.29) is 5.41 Å². The molecule has 0 atom stereocenters. The molecule has 136 valence electrons. The van der Waals surface area contributed by atoms with Gasteiger partial charge in [0.2, 0.25) is 0 Å². The molecule has 1 heterocycles. The summed E-state index contributed by atoms with van der Waals surface area (Å²) >= 11 is 1.69. The molecule has 0 radical (unpaired) electrons. The van der Waals surface area contributed by atoms with Gasteiger partial charge < -0.3 is 20.5 Å². The van der Waals surface area contributed by atoms with Crippen molar-refractivity contribution in [2.24, 2.45) is 10.7 Å². The molecule has 7 heteroatoms. The molecule has 2 rings (SSSR count). The van der Waals surface area contributed by atoms with E-state index in [1.54, 1.807) is 25.6 Å². The quantitative estimate of drug-likeness (QED) is 0.608. The van der Waals surface area contributed by atoms with Crippen molar-refractivity contribution in [1.82, 2.24) is 4.98 Å². The van der Waals surface area contributed by atoms with Gasteiger partial charge in [-0.25, -0.2) is 4.98 Å². The molecule has 0 saturated heterocycles. The highest BCUT2D eigenvalue weighted by Gasteiger charge is 2.17. The summed E-state index contributed by atoms with van der Waals surface area (Å²) in [7, 11) is 3.20. The molecule has 6 nitrogen and oxygen atoms in total. The van der Waals surface area contributed by atoms with E-state index in [0.29, 0.717) is 24.0 Å². The Morgan fingerprint density at radius 1 is 1.24 bits per heavy atom. The molecule has 0 bridgehead atoms. The molecular weight excluding hydrogens is 336 g/mol. The molecule has 0 amide bonds. The Balaban J connectivity index is 1.92. The average molecular weight is 362 g/mol. The summed E-state index contributed by atoms with van der Waals surface area (Å²) in [5, 5.41) is 6.29. The number of nitrogens with one attached hydrogen (secondary N) is 1. The predicted molar refractivity (Wildman–Crippen MR) is 104 cm³/mol. The molecule has 0 saturated carbocycles. The highest BCUT2D eigenvalue weighted by molar-refractivity contribution is 7.09. The number of aliphatic imine (C=N–C) groups is 1. The van der Waals surface area contributed by atoms with E-state index in [0.717, 1.165) is 22.8 Å². The molecule has 0 unspecified atom stereocenters. The van der Waals surface area contributed by atoms with Crippen molar-refractivity contribution < 1.29 is 9.47 Å². The van der Waals surface area contributed by atoms with Crippen LogP contribution in [0.15, 0.2) is 28.6 Å². The Morgan fingerprint density at radius 2 is 1.96 bits per heavy atom. The monoisotopic (exact) mass is 362 g/mol. The summed E-state index contributed by atoms with van der Waals surface area (Å²) < 4.78 is 10.5. The zero-order chi connectivity index (χ0) is 18.4. The lowest BCUT2D eigenvalue weighted by Gasteiger charge is -2.13. The maximum Gasteiger partial charge on any atom is 0.193 e. The van der Waals surface area contributed by atoms with E-state index in [1.165, 1.54) is 0 Å². The van der Waals surface area contributed by atoms with Crippen LogP contribution in [0.1, 0.15) is 31.5 Å². The third-order valence-corrected chi connectivity index (χ3v) is 4.82. The second-order valence-electron chi connectivity index (χ2n) is 6.61. The number of ether oxygens (including phenoxy) is 2. The third-order valence-electron chi connectivity index (χ3n) is 3.50. The van der Waals surface area contributed by atoms with Crippen LogP contribution in [0.5, 0.6) is 11.5 Å². The number of nitrogens with zero attached hydrogens (tertiary/aromatic N) is 2. The van der Waals surface area contributed by atoms with E-state index >= 15 is 0 Å². The molecule has 0 spiro atoms. The SMILES string of the molecule is COc1ccc(NC(N)=NCCc2csc(C(C)(C)C)n2)cc1OC. The first-order valence-electron chi connectivity index (χ1n) is 8.07. The molecule has 0 fully saturated rings. The van der Waals surface area contributed by atoms with Gasteiger partial charge in [0.15, 0.2) is 17.5 Å². The van der Waals surface area contributed by atoms with Crippen LogP contribution in [-0.2, 0) is 11.8 Å². The van der Waals surface area contributed by atoms with Gasteiger partial charge >= 0.3 is 0 Å².